The fraction of sp³-hybridized carbons (Fsp3) is 0.438. The van der Waals surface area contributed by atoms with Crippen molar-refractivity contribution in [3.05, 3.63) is 41.5 Å². The zero-order chi connectivity index (χ0) is 12.8. The van der Waals surface area contributed by atoms with Crippen LogP contribution in [0.4, 0.5) is 0 Å². The molecule has 0 radical (unpaired) electrons. The fourth-order valence-corrected chi connectivity index (χ4v) is 4.62. The summed E-state index contributed by atoms with van der Waals surface area (Å²) < 4.78 is 1.40. The molecular formula is C16H21NSe. The molecular weight excluding hydrogens is 285 g/mol. The van der Waals surface area contributed by atoms with Gasteiger partial charge < -0.3 is 0 Å². The molecule has 96 valence electrons. The van der Waals surface area contributed by atoms with Gasteiger partial charge in [-0.15, -0.1) is 0 Å². The molecule has 0 aromatic heterocycles. The van der Waals surface area contributed by atoms with Crippen LogP contribution in [-0.4, -0.2) is 26.1 Å². The molecule has 1 heterocycles. The zero-order valence-electron chi connectivity index (χ0n) is 11.3. The van der Waals surface area contributed by atoms with E-state index in [9.17, 15) is 0 Å². The maximum absolute atomic E-state index is 4.84. The second-order valence-corrected chi connectivity index (χ2v) is 6.76. The molecule has 1 nitrogen and oxygen atoms in total. The van der Waals surface area contributed by atoms with Crippen LogP contribution in [0, 0.1) is 0 Å². The summed E-state index contributed by atoms with van der Waals surface area (Å²) in [6.07, 6.45) is 3.57. The Morgan fingerprint density at radius 1 is 1.17 bits per heavy atom. The molecule has 0 saturated carbocycles. The molecule has 0 atom stereocenters. The fourth-order valence-electron chi connectivity index (χ4n) is 2.24. The van der Waals surface area contributed by atoms with Gasteiger partial charge in [0.1, 0.15) is 0 Å². The van der Waals surface area contributed by atoms with Crippen LogP contribution in [0.15, 0.2) is 40.9 Å². The summed E-state index contributed by atoms with van der Waals surface area (Å²) in [5, 5.41) is 1.33. The standard InChI is InChI=1S/C16H21NSe/c1-3-11-17-16-15(13(4-2)10-12-18-16)14-8-6-5-7-9-14/h5-9H,3-4,10-12H2,1-2H3. The predicted molar refractivity (Wildman–Crippen MR) is 81.4 cm³/mol. The van der Waals surface area contributed by atoms with E-state index in [0.29, 0.717) is 15.0 Å². The van der Waals surface area contributed by atoms with E-state index in [1.54, 1.807) is 5.57 Å². The molecule has 0 amide bonds. The van der Waals surface area contributed by atoms with Gasteiger partial charge in [0.2, 0.25) is 0 Å². The average molecular weight is 306 g/mol. The molecule has 18 heavy (non-hydrogen) atoms. The first kappa shape index (κ1) is 13.6. The quantitative estimate of drug-likeness (QED) is 0.740. The van der Waals surface area contributed by atoms with Crippen LogP contribution < -0.4 is 0 Å². The third-order valence-electron chi connectivity index (χ3n) is 3.18. The maximum atomic E-state index is 4.84. The van der Waals surface area contributed by atoms with Crippen molar-refractivity contribution in [1.29, 1.82) is 0 Å². The molecule has 0 aliphatic carbocycles. The van der Waals surface area contributed by atoms with Gasteiger partial charge >= 0.3 is 117 Å². The van der Waals surface area contributed by atoms with E-state index in [0.717, 1.165) is 19.4 Å². The molecule has 2 rings (SSSR count). The van der Waals surface area contributed by atoms with Crippen LogP contribution in [0.25, 0.3) is 5.57 Å². The van der Waals surface area contributed by atoms with Crippen LogP contribution in [-0.2, 0) is 0 Å². The SMILES string of the molecule is CCCN=C1[Se]CCC(CC)=C1c1ccccc1. The summed E-state index contributed by atoms with van der Waals surface area (Å²) in [4.78, 5) is 4.84. The number of nitrogens with zero attached hydrogens (tertiary/aromatic N) is 1. The van der Waals surface area contributed by atoms with Crippen LogP contribution in [0.3, 0.4) is 0 Å². The Bertz CT molecular complexity index is 445. The first-order valence-electron chi connectivity index (χ1n) is 6.81. The molecule has 1 aromatic carbocycles. The van der Waals surface area contributed by atoms with Crippen molar-refractivity contribution in [3.63, 3.8) is 0 Å². The van der Waals surface area contributed by atoms with Gasteiger partial charge in [0.05, 0.1) is 0 Å². The molecule has 1 aliphatic heterocycles. The van der Waals surface area contributed by atoms with E-state index < -0.39 is 0 Å². The molecule has 2 heteroatoms. The van der Waals surface area contributed by atoms with Gasteiger partial charge in [-0.2, -0.15) is 0 Å². The van der Waals surface area contributed by atoms with Gasteiger partial charge in [-0.1, -0.05) is 0 Å². The van der Waals surface area contributed by atoms with Crippen molar-refractivity contribution in [3.8, 4) is 0 Å². The molecule has 0 N–H and O–H groups in total. The van der Waals surface area contributed by atoms with E-state index in [2.05, 4.69) is 44.2 Å². The third-order valence-corrected chi connectivity index (χ3v) is 5.31. The van der Waals surface area contributed by atoms with E-state index in [1.807, 2.05) is 0 Å². The minimum absolute atomic E-state index is 0.568. The van der Waals surface area contributed by atoms with E-state index in [-0.39, 0.29) is 0 Å². The molecule has 0 unspecified atom stereocenters. The van der Waals surface area contributed by atoms with Gasteiger partial charge in [-0.3, -0.25) is 0 Å². The van der Waals surface area contributed by atoms with Crippen LogP contribution >= 0.6 is 0 Å². The van der Waals surface area contributed by atoms with Gasteiger partial charge in [0.25, 0.3) is 0 Å². The normalized spacial score (nSPS) is 18.4. The van der Waals surface area contributed by atoms with Gasteiger partial charge in [0, 0.05) is 0 Å². The summed E-state index contributed by atoms with van der Waals surface area (Å²) in [7, 11) is 0. The number of allylic oxidation sites excluding steroid dienone is 2. The van der Waals surface area contributed by atoms with Crippen molar-refractivity contribution in [2.45, 2.75) is 38.4 Å². The van der Waals surface area contributed by atoms with E-state index in [4.69, 9.17) is 4.99 Å². The second-order valence-electron chi connectivity index (χ2n) is 4.48. The van der Waals surface area contributed by atoms with Crippen LogP contribution in [0.5, 0.6) is 0 Å². The number of hydrogen-bond acceptors (Lipinski definition) is 1. The summed E-state index contributed by atoms with van der Waals surface area (Å²) in [6, 6.07) is 10.8. The molecule has 0 saturated heterocycles. The Balaban J connectivity index is 2.43. The average Bonchev–Trinajstić information content (AvgIpc) is 2.45. The van der Waals surface area contributed by atoms with Crippen molar-refractivity contribution in [2.24, 2.45) is 4.99 Å². The molecule has 1 aromatic rings. The Hall–Kier alpha value is -0.851. The monoisotopic (exact) mass is 307 g/mol. The third kappa shape index (κ3) is 3.13. The Morgan fingerprint density at radius 3 is 2.61 bits per heavy atom. The van der Waals surface area contributed by atoms with Crippen molar-refractivity contribution in [2.75, 3.05) is 6.54 Å². The molecule has 0 fully saturated rings. The first-order chi connectivity index (χ1) is 8.86. The van der Waals surface area contributed by atoms with Crippen LogP contribution in [0.2, 0.25) is 5.32 Å². The minimum atomic E-state index is 0.568. The Labute approximate surface area is 117 Å². The first-order valence-corrected chi connectivity index (χ1v) is 8.88. The Morgan fingerprint density at radius 2 is 1.94 bits per heavy atom. The van der Waals surface area contributed by atoms with Gasteiger partial charge in [-0.05, 0) is 0 Å². The van der Waals surface area contributed by atoms with Crippen molar-refractivity contribution >= 4 is 25.1 Å². The topological polar surface area (TPSA) is 12.4 Å². The van der Waals surface area contributed by atoms with Crippen molar-refractivity contribution in [1.82, 2.24) is 0 Å². The molecule has 0 bridgehead atoms. The Kier molecular flexibility index (Phi) is 5.22. The number of aliphatic imine (C=N–C) groups is 1. The summed E-state index contributed by atoms with van der Waals surface area (Å²) >= 11 is 0.568. The molecule has 0 spiro atoms. The number of benzene rings is 1. The van der Waals surface area contributed by atoms with Crippen molar-refractivity contribution < 1.29 is 0 Å². The van der Waals surface area contributed by atoms with Gasteiger partial charge in [0.15, 0.2) is 0 Å². The second kappa shape index (κ2) is 6.92. The zero-order valence-corrected chi connectivity index (χ0v) is 13.0. The number of rotatable bonds is 4. The van der Waals surface area contributed by atoms with Crippen LogP contribution in [0.1, 0.15) is 38.7 Å². The predicted octanol–water partition coefficient (Wildman–Crippen LogP) is 4.18. The van der Waals surface area contributed by atoms with E-state index in [1.165, 1.54) is 27.5 Å². The van der Waals surface area contributed by atoms with Gasteiger partial charge in [-0.25, -0.2) is 0 Å². The summed E-state index contributed by atoms with van der Waals surface area (Å²) in [5.41, 5.74) is 4.44. The summed E-state index contributed by atoms with van der Waals surface area (Å²) in [6.45, 7) is 5.45. The van der Waals surface area contributed by atoms with E-state index >= 15 is 0 Å². The summed E-state index contributed by atoms with van der Waals surface area (Å²) in [5.74, 6) is 0. The molecule has 1 aliphatic rings. The number of hydrogen-bond donors (Lipinski definition) is 0.